The molecule has 1 aliphatic heterocycles. The Bertz CT molecular complexity index is 1240. The smallest absolute Gasteiger partial charge is 0.376 e. The Morgan fingerprint density at radius 3 is 2.67 bits per heavy atom. The van der Waals surface area contributed by atoms with Crippen molar-refractivity contribution in [2.45, 2.75) is 23.5 Å². The van der Waals surface area contributed by atoms with E-state index in [-0.39, 0.29) is 30.4 Å². The van der Waals surface area contributed by atoms with Crippen LogP contribution >= 0.6 is 11.8 Å². The topological polar surface area (TPSA) is 124 Å². The van der Waals surface area contributed by atoms with E-state index in [1.54, 1.807) is 37.3 Å². The molecule has 0 radical (unpaired) electrons. The lowest BCUT2D eigenvalue weighted by Crippen LogP contribution is -2.32. The first kappa shape index (κ1) is 22.4. The molecular weight excluding hydrogens is 448 g/mol. The zero-order valence-corrected chi connectivity index (χ0v) is 18.4. The summed E-state index contributed by atoms with van der Waals surface area (Å²) in [6.45, 7) is 1.20. The molecule has 1 aromatic heterocycles. The average molecular weight is 468 g/mol. The number of thioether (sulfide) groups is 1. The third-order valence-corrected chi connectivity index (χ3v) is 6.02. The number of esters is 2. The van der Waals surface area contributed by atoms with Crippen molar-refractivity contribution in [1.29, 1.82) is 0 Å². The van der Waals surface area contributed by atoms with Crippen molar-refractivity contribution >= 4 is 57.9 Å². The Kier molecular flexibility index (Phi) is 6.64. The highest BCUT2D eigenvalue weighted by molar-refractivity contribution is 8.01. The van der Waals surface area contributed by atoms with Crippen LogP contribution in [0.2, 0.25) is 0 Å². The molecule has 9 nitrogen and oxygen atoms in total. The Balaban J connectivity index is 1.37. The standard InChI is InChI=1S/C23H20N2O7S/c1-2-30-23(29)21-20(13-7-3-5-9-15(13)32-21)25-18(26)12-31-19(27)11-17-22(28)24-14-8-4-6-10-16(14)33-17/h3-10,17H,2,11-12H2,1H3,(H,24,28)(H,25,26)/t17-/m0/s1. The second kappa shape index (κ2) is 9.78. The summed E-state index contributed by atoms with van der Waals surface area (Å²) >= 11 is 1.27. The fraction of sp³-hybridized carbons (Fsp3) is 0.217. The van der Waals surface area contributed by atoms with Crippen LogP contribution in [0.4, 0.5) is 11.4 Å². The van der Waals surface area contributed by atoms with Gasteiger partial charge in [0.15, 0.2) is 6.61 Å². The third kappa shape index (κ3) is 5.01. The van der Waals surface area contributed by atoms with Gasteiger partial charge in [-0.1, -0.05) is 24.3 Å². The van der Waals surface area contributed by atoms with Crippen molar-refractivity contribution in [3.05, 3.63) is 54.3 Å². The average Bonchev–Trinajstić information content (AvgIpc) is 3.17. The van der Waals surface area contributed by atoms with Crippen LogP contribution in [0.5, 0.6) is 0 Å². The minimum absolute atomic E-state index is 0.137. The lowest BCUT2D eigenvalue weighted by atomic mass is 10.2. The predicted molar refractivity (Wildman–Crippen MR) is 121 cm³/mol. The molecule has 0 unspecified atom stereocenters. The fourth-order valence-electron chi connectivity index (χ4n) is 3.27. The van der Waals surface area contributed by atoms with Crippen LogP contribution in [0.1, 0.15) is 23.9 Å². The Morgan fingerprint density at radius 1 is 1.09 bits per heavy atom. The molecule has 4 rings (SSSR count). The molecule has 2 aromatic carbocycles. The number of ether oxygens (including phenoxy) is 2. The molecule has 0 bridgehead atoms. The summed E-state index contributed by atoms with van der Waals surface area (Å²) in [5.41, 5.74) is 1.23. The van der Waals surface area contributed by atoms with E-state index in [1.807, 2.05) is 18.2 Å². The Hall–Kier alpha value is -3.79. The molecule has 2 amide bonds. The van der Waals surface area contributed by atoms with Crippen LogP contribution in [0.3, 0.4) is 0 Å². The zero-order chi connectivity index (χ0) is 23.4. The van der Waals surface area contributed by atoms with E-state index in [4.69, 9.17) is 13.9 Å². The summed E-state index contributed by atoms with van der Waals surface area (Å²) in [5, 5.41) is 5.16. The number of para-hydroxylation sites is 2. The maximum atomic E-state index is 12.4. The van der Waals surface area contributed by atoms with Gasteiger partial charge in [0.25, 0.3) is 5.91 Å². The van der Waals surface area contributed by atoms with Gasteiger partial charge >= 0.3 is 11.9 Å². The number of hydrogen-bond acceptors (Lipinski definition) is 8. The van der Waals surface area contributed by atoms with Crippen LogP contribution in [0, 0.1) is 0 Å². The van der Waals surface area contributed by atoms with Gasteiger partial charge in [-0.15, -0.1) is 11.8 Å². The van der Waals surface area contributed by atoms with E-state index in [9.17, 15) is 19.2 Å². The van der Waals surface area contributed by atoms with Crippen LogP contribution in [0.25, 0.3) is 11.0 Å². The lowest BCUT2D eigenvalue weighted by Gasteiger charge is -2.23. The first-order valence-electron chi connectivity index (χ1n) is 10.2. The first-order chi connectivity index (χ1) is 16.0. The molecule has 2 N–H and O–H groups in total. The molecule has 3 aromatic rings. The number of carbonyl (C=O) groups is 4. The molecule has 170 valence electrons. The highest BCUT2D eigenvalue weighted by atomic mass is 32.2. The minimum Gasteiger partial charge on any atom is -0.460 e. The van der Waals surface area contributed by atoms with E-state index < -0.39 is 29.7 Å². The summed E-state index contributed by atoms with van der Waals surface area (Å²) in [6.07, 6.45) is -0.194. The number of hydrogen-bond donors (Lipinski definition) is 2. The number of amides is 2. The Labute approximate surface area is 192 Å². The highest BCUT2D eigenvalue weighted by Gasteiger charge is 2.30. The van der Waals surface area contributed by atoms with Crippen LogP contribution in [-0.4, -0.2) is 42.2 Å². The van der Waals surface area contributed by atoms with Gasteiger partial charge < -0.3 is 24.5 Å². The van der Waals surface area contributed by atoms with E-state index in [1.165, 1.54) is 11.8 Å². The molecule has 0 saturated carbocycles. The summed E-state index contributed by atoms with van der Waals surface area (Å²) in [4.78, 5) is 50.0. The Morgan fingerprint density at radius 2 is 1.85 bits per heavy atom. The van der Waals surface area contributed by atoms with Gasteiger partial charge in [0, 0.05) is 10.3 Å². The lowest BCUT2D eigenvalue weighted by molar-refractivity contribution is -0.147. The normalized spacial score (nSPS) is 14.8. The predicted octanol–water partition coefficient (Wildman–Crippen LogP) is 3.59. The van der Waals surface area contributed by atoms with E-state index in [2.05, 4.69) is 10.6 Å². The minimum atomic E-state index is -0.721. The highest BCUT2D eigenvalue weighted by Crippen LogP contribution is 2.36. The number of nitrogens with one attached hydrogen (secondary N) is 2. The molecule has 1 atom stereocenters. The molecule has 0 spiro atoms. The monoisotopic (exact) mass is 468 g/mol. The molecule has 0 fully saturated rings. The van der Waals surface area contributed by atoms with Gasteiger partial charge in [-0.05, 0) is 31.2 Å². The molecule has 0 aliphatic carbocycles. The van der Waals surface area contributed by atoms with E-state index in [0.717, 1.165) is 4.90 Å². The van der Waals surface area contributed by atoms with Gasteiger partial charge in [-0.2, -0.15) is 0 Å². The number of rotatable bonds is 7. The van der Waals surface area contributed by atoms with Crippen molar-refractivity contribution in [1.82, 2.24) is 0 Å². The molecular formula is C23H20N2O7S. The van der Waals surface area contributed by atoms with Crippen LogP contribution in [0.15, 0.2) is 57.8 Å². The maximum absolute atomic E-state index is 12.4. The van der Waals surface area contributed by atoms with Crippen molar-refractivity contribution < 1.29 is 33.1 Å². The SMILES string of the molecule is CCOC(=O)c1oc2ccccc2c1NC(=O)COC(=O)C[C@@H]1Sc2ccccc2NC1=O. The van der Waals surface area contributed by atoms with Gasteiger partial charge in [-0.25, -0.2) is 4.79 Å². The number of fused-ring (bicyclic) bond motifs is 2. The van der Waals surface area contributed by atoms with E-state index >= 15 is 0 Å². The number of carbonyl (C=O) groups excluding carboxylic acids is 4. The first-order valence-corrected chi connectivity index (χ1v) is 11.0. The summed E-state index contributed by atoms with van der Waals surface area (Å²) in [7, 11) is 0. The number of furan rings is 1. The quantitative estimate of drug-likeness (QED) is 0.504. The summed E-state index contributed by atoms with van der Waals surface area (Å²) in [6, 6.07) is 14.1. The van der Waals surface area contributed by atoms with Crippen molar-refractivity contribution in [2.75, 3.05) is 23.8 Å². The molecule has 0 saturated heterocycles. The third-order valence-electron chi connectivity index (χ3n) is 4.74. The largest absolute Gasteiger partial charge is 0.460 e. The summed E-state index contributed by atoms with van der Waals surface area (Å²) < 4.78 is 15.6. The molecule has 1 aliphatic rings. The fourth-order valence-corrected chi connectivity index (χ4v) is 4.36. The molecule has 2 heterocycles. The number of benzene rings is 2. The zero-order valence-electron chi connectivity index (χ0n) is 17.6. The molecule has 10 heteroatoms. The van der Waals surface area contributed by atoms with Crippen molar-refractivity contribution in [3.63, 3.8) is 0 Å². The van der Waals surface area contributed by atoms with Crippen molar-refractivity contribution in [3.8, 4) is 0 Å². The second-order valence-electron chi connectivity index (χ2n) is 7.03. The molecule has 33 heavy (non-hydrogen) atoms. The van der Waals surface area contributed by atoms with Gasteiger partial charge in [0.1, 0.15) is 11.3 Å². The van der Waals surface area contributed by atoms with Gasteiger partial charge in [0.2, 0.25) is 11.7 Å². The second-order valence-corrected chi connectivity index (χ2v) is 8.27. The summed E-state index contributed by atoms with van der Waals surface area (Å²) in [5.74, 6) is -2.52. The number of anilines is 2. The maximum Gasteiger partial charge on any atom is 0.376 e. The van der Waals surface area contributed by atoms with Crippen LogP contribution < -0.4 is 10.6 Å². The van der Waals surface area contributed by atoms with Crippen molar-refractivity contribution in [2.24, 2.45) is 0 Å². The van der Waals surface area contributed by atoms with Crippen LogP contribution in [-0.2, 0) is 23.9 Å². The van der Waals surface area contributed by atoms with E-state index in [0.29, 0.717) is 16.7 Å². The van der Waals surface area contributed by atoms with Gasteiger partial charge in [0.05, 0.1) is 24.0 Å². The van der Waals surface area contributed by atoms with Gasteiger partial charge in [-0.3, -0.25) is 14.4 Å².